The third-order valence-electron chi connectivity index (χ3n) is 2.59. The van der Waals surface area contributed by atoms with Crippen LogP contribution in [-0.4, -0.2) is 23.2 Å². The number of carbonyl (C=O) groups is 1. The molecule has 0 spiro atoms. The molecule has 1 aromatic carbocycles. The van der Waals surface area contributed by atoms with Crippen LogP contribution in [0.5, 0.6) is 0 Å². The predicted molar refractivity (Wildman–Crippen MR) is 69.4 cm³/mol. The number of aromatic nitrogens is 1. The zero-order valence-electron chi connectivity index (χ0n) is 10.4. The molecule has 1 N–H and O–H groups in total. The van der Waals surface area contributed by atoms with E-state index in [0.717, 1.165) is 5.56 Å². The maximum absolute atomic E-state index is 11.1. The predicted octanol–water partition coefficient (Wildman–Crippen LogP) is 3.15. The van der Waals surface area contributed by atoms with Crippen molar-refractivity contribution in [1.29, 1.82) is 0 Å². The van der Waals surface area contributed by atoms with Crippen molar-refractivity contribution in [2.75, 3.05) is 7.11 Å². The number of hydrogen-bond donors (Lipinski definition) is 1. The summed E-state index contributed by atoms with van der Waals surface area (Å²) >= 11 is 5.88. The Morgan fingerprint density at radius 3 is 2.84 bits per heavy atom. The van der Waals surface area contributed by atoms with Crippen molar-refractivity contribution in [3.8, 4) is 11.5 Å². The maximum atomic E-state index is 11.1. The van der Waals surface area contributed by atoms with E-state index in [1.165, 1.54) is 7.11 Å². The lowest BCUT2D eigenvalue weighted by Crippen LogP contribution is -2.00. The normalized spacial score (nSPS) is 10.7. The number of halogens is 1. The molecule has 0 saturated carbocycles. The van der Waals surface area contributed by atoms with Gasteiger partial charge in [-0.25, -0.2) is 9.78 Å². The number of benzene rings is 1. The molecular formula is C13H12ClNO4. The lowest BCUT2D eigenvalue weighted by atomic mass is 10.1. The molecule has 0 aliphatic carbocycles. The van der Waals surface area contributed by atoms with Gasteiger partial charge in [0, 0.05) is 17.7 Å². The first-order valence-corrected chi connectivity index (χ1v) is 5.89. The summed E-state index contributed by atoms with van der Waals surface area (Å²) in [5.74, 6) is -1.12. The molecule has 0 radical (unpaired) electrons. The summed E-state index contributed by atoms with van der Waals surface area (Å²) < 4.78 is 10.2. The van der Waals surface area contributed by atoms with Crippen molar-refractivity contribution < 1.29 is 19.1 Å². The van der Waals surface area contributed by atoms with Crippen molar-refractivity contribution in [3.63, 3.8) is 0 Å². The van der Waals surface area contributed by atoms with Gasteiger partial charge in [-0.1, -0.05) is 11.6 Å². The Balaban J connectivity index is 2.50. The number of oxazole rings is 1. The van der Waals surface area contributed by atoms with Crippen LogP contribution in [0, 0.1) is 6.92 Å². The second-order valence-corrected chi connectivity index (χ2v) is 4.43. The average molecular weight is 282 g/mol. The van der Waals surface area contributed by atoms with E-state index in [1.807, 2.05) is 6.92 Å². The molecule has 0 fully saturated rings. The molecule has 0 saturated heterocycles. The number of aryl methyl sites for hydroxylation is 1. The highest BCUT2D eigenvalue weighted by molar-refractivity contribution is 6.30. The number of methoxy groups -OCH3 is 1. The van der Waals surface area contributed by atoms with Gasteiger partial charge in [0.25, 0.3) is 0 Å². The Morgan fingerprint density at radius 1 is 1.53 bits per heavy atom. The number of aromatic carboxylic acids is 1. The fraction of sp³-hybridized carbons (Fsp3) is 0.231. The standard InChI is InChI=1S/C13H12ClNO4/c1-7-5-8(14)3-4-9(7)12-15-10(6-18-2)11(19-12)13(16)17/h3-5H,6H2,1-2H3,(H,16,17). The largest absolute Gasteiger partial charge is 0.475 e. The molecule has 0 unspecified atom stereocenters. The van der Waals surface area contributed by atoms with Crippen LogP contribution in [0.3, 0.4) is 0 Å². The van der Waals surface area contributed by atoms with E-state index < -0.39 is 5.97 Å². The molecule has 5 nitrogen and oxygen atoms in total. The Kier molecular flexibility index (Phi) is 3.87. The van der Waals surface area contributed by atoms with Gasteiger partial charge in [0.2, 0.25) is 11.7 Å². The smallest absolute Gasteiger partial charge is 0.373 e. The SMILES string of the molecule is COCc1nc(-c2ccc(Cl)cc2C)oc1C(=O)O. The second kappa shape index (κ2) is 5.42. The summed E-state index contributed by atoms with van der Waals surface area (Å²) in [6.45, 7) is 1.93. The molecule has 100 valence electrons. The van der Waals surface area contributed by atoms with Gasteiger partial charge in [-0.2, -0.15) is 0 Å². The van der Waals surface area contributed by atoms with Crippen molar-refractivity contribution in [2.45, 2.75) is 13.5 Å². The van der Waals surface area contributed by atoms with E-state index in [1.54, 1.807) is 18.2 Å². The number of hydrogen-bond acceptors (Lipinski definition) is 4. The summed E-state index contributed by atoms with van der Waals surface area (Å²) in [5, 5.41) is 9.66. The minimum atomic E-state index is -1.17. The third kappa shape index (κ3) is 2.77. The van der Waals surface area contributed by atoms with Crippen LogP contribution in [0.1, 0.15) is 21.8 Å². The van der Waals surface area contributed by atoms with Gasteiger partial charge in [-0.3, -0.25) is 0 Å². The highest BCUT2D eigenvalue weighted by Gasteiger charge is 2.21. The van der Waals surface area contributed by atoms with E-state index in [9.17, 15) is 4.79 Å². The molecule has 1 aromatic heterocycles. The molecule has 1 heterocycles. The zero-order chi connectivity index (χ0) is 14.0. The Labute approximate surface area is 114 Å². The third-order valence-corrected chi connectivity index (χ3v) is 2.83. The van der Waals surface area contributed by atoms with Crippen LogP contribution in [0.2, 0.25) is 5.02 Å². The monoisotopic (exact) mass is 281 g/mol. The molecule has 6 heteroatoms. The van der Waals surface area contributed by atoms with E-state index in [4.69, 9.17) is 25.9 Å². The van der Waals surface area contributed by atoms with Crippen molar-refractivity contribution in [3.05, 3.63) is 40.2 Å². The minimum absolute atomic E-state index is 0.0811. The van der Waals surface area contributed by atoms with E-state index >= 15 is 0 Å². The Hall–Kier alpha value is -1.85. The van der Waals surface area contributed by atoms with E-state index in [-0.39, 0.29) is 24.0 Å². The molecule has 2 rings (SSSR count). The minimum Gasteiger partial charge on any atom is -0.475 e. The van der Waals surface area contributed by atoms with Crippen LogP contribution in [0.4, 0.5) is 0 Å². The summed E-state index contributed by atoms with van der Waals surface area (Å²) in [6.07, 6.45) is 0. The Bertz CT molecular complexity index is 621. The van der Waals surface area contributed by atoms with Gasteiger partial charge in [0.15, 0.2) is 0 Å². The maximum Gasteiger partial charge on any atom is 0.373 e. The molecule has 0 aliphatic rings. The Morgan fingerprint density at radius 2 is 2.26 bits per heavy atom. The summed E-state index contributed by atoms with van der Waals surface area (Å²) in [5.41, 5.74) is 1.82. The van der Waals surface area contributed by atoms with Gasteiger partial charge < -0.3 is 14.3 Å². The molecule has 0 amide bonds. The number of ether oxygens (including phenoxy) is 1. The summed E-state index contributed by atoms with van der Waals surface area (Å²) in [6, 6.07) is 5.20. The first-order chi connectivity index (χ1) is 9.02. The zero-order valence-corrected chi connectivity index (χ0v) is 11.2. The van der Waals surface area contributed by atoms with Gasteiger partial charge >= 0.3 is 5.97 Å². The molecular weight excluding hydrogens is 270 g/mol. The topological polar surface area (TPSA) is 72.6 Å². The first kappa shape index (κ1) is 13.6. The van der Waals surface area contributed by atoms with E-state index in [0.29, 0.717) is 10.6 Å². The van der Waals surface area contributed by atoms with E-state index in [2.05, 4.69) is 4.98 Å². The number of nitrogens with zero attached hydrogens (tertiary/aromatic N) is 1. The lowest BCUT2D eigenvalue weighted by Gasteiger charge is -2.01. The highest BCUT2D eigenvalue weighted by atomic mass is 35.5. The lowest BCUT2D eigenvalue weighted by molar-refractivity contribution is 0.0656. The molecule has 0 aliphatic heterocycles. The van der Waals surface area contributed by atoms with Crippen LogP contribution in [0.15, 0.2) is 22.6 Å². The van der Waals surface area contributed by atoms with Crippen molar-refractivity contribution >= 4 is 17.6 Å². The first-order valence-electron chi connectivity index (χ1n) is 5.51. The van der Waals surface area contributed by atoms with Crippen molar-refractivity contribution in [2.24, 2.45) is 0 Å². The molecule has 0 atom stereocenters. The van der Waals surface area contributed by atoms with Gasteiger partial charge in [0.1, 0.15) is 5.69 Å². The quantitative estimate of drug-likeness (QED) is 0.932. The van der Waals surface area contributed by atoms with Crippen LogP contribution < -0.4 is 0 Å². The van der Waals surface area contributed by atoms with Crippen LogP contribution >= 0.6 is 11.6 Å². The summed E-state index contributed by atoms with van der Waals surface area (Å²) in [7, 11) is 1.47. The van der Waals surface area contributed by atoms with Crippen LogP contribution in [0.25, 0.3) is 11.5 Å². The fourth-order valence-electron chi connectivity index (χ4n) is 1.74. The molecule has 2 aromatic rings. The van der Waals surface area contributed by atoms with Gasteiger partial charge in [-0.15, -0.1) is 0 Å². The number of carboxylic acids is 1. The van der Waals surface area contributed by atoms with Crippen molar-refractivity contribution in [1.82, 2.24) is 4.98 Å². The van der Waals surface area contributed by atoms with Gasteiger partial charge in [-0.05, 0) is 30.7 Å². The molecule has 19 heavy (non-hydrogen) atoms. The van der Waals surface area contributed by atoms with Gasteiger partial charge in [0.05, 0.1) is 6.61 Å². The van der Waals surface area contributed by atoms with Crippen LogP contribution in [-0.2, 0) is 11.3 Å². The fourth-order valence-corrected chi connectivity index (χ4v) is 1.96. The summed E-state index contributed by atoms with van der Waals surface area (Å²) in [4.78, 5) is 15.2. The average Bonchev–Trinajstić information content (AvgIpc) is 2.73. The number of rotatable bonds is 4. The molecule has 0 bridgehead atoms. The highest BCUT2D eigenvalue weighted by Crippen LogP contribution is 2.27. The number of carboxylic acid groups (broad SMARTS) is 1. The second-order valence-electron chi connectivity index (χ2n) is 3.99.